The normalized spacial score (nSPS) is 10.1. The van der Waals surface area contributed by atoms with Gasteiger partial charge in [-0.25, -0.2) is 4.89 Å². The molecule has 16 heavy (non-hydrogen) atoms. The summed E-state index contributed by atoms with van der Waals surface area (Å²) in [6.07, 6.45) is 0. The number of carbonyl (C=O) groups is 1. The van der Waals surface area contributed by atoms with E-state index in [9.17, 15) is 14.9 Å². The van der Waals surface area contributed by atoms with Crippen LogP contribution in [0.5, 0.6) is 0 Å². The molecule has 0 unspecified atom stereocenters. The number of nitro groups is 1. The SMILES string of the molecule is COOSc1ccc(C(=O)Cl)c([N+](=O)[O-])c1. The standard InChI is InChI=1S/C8H6ClNO5S/c1-14-15-16-5-2-3-6(8(9)11)7(4-5)10(12)13/h2-4H,1H3. The molecule has 1 aromatic rings. The zero-order valence-corrected chi connectivity index (χ0v) is 9.58. The molecule has 0 aliphatic rings. The van der Waals surface area contributed by atoms with Crippen LogP contribution in [0.15, 0.2) is 23.1 Å². The second-order valence-electron chi connectivity index (χ2n) is 2.53. The zero-order chi connectivity index (χ0) is 12.1. The Bertz CT molecular complexity index is 425. The summed E-state index contributed by atoms with van der Waals surface area (Å²) in [6.45, 7) is 0. The lowest BCUT2D eigenvalue weighted by atomic mass is 10.2. The number of halogens is 1. The number of rotatable bonds is 5. The second-order valence-corrected chi connectivity index (χ2v) is 3.65. The summed E-state index contributed by atoms with van der Waals surface area (Å²) in [5, 5.41) is 9.79. The number of nitro benzene ring substituents is 1. The van der Waals surface area contributed by atoms with E-state index in [1.54, 1.807) is 0 Å². The molecule has 6 nitrogen and oxygen atoms in total. The van der Waals surface area contributed by atoms with E-state index in [0.29, 0.717) is 4.90 Å². The first kappa shape index (κ1) is 12.9. The van der Waals surface area contributed by atoms with Crippen LogP contribution in [0, 0.1) is 10.1 Å². The van der Waals surface area contributed by atoms with Gasteiger partial charge in [-0.3, -0.25) is 14.9 Å². The predicted octanol–water partition coefficient (Wildman–Crippen LogP) is 2.56. The summed E-state index contributed by atoms with van der Waals surface area (Å²) in [7, 11) is 1.30. The highest BCUT2D eigenvalue weighted by Gasteiger charge is 2.19. The van der Waals surface area contributed by atoms with Crippen molar-refractivity contribution in [3.8, 4) is 0 Å². The minimum absolute atomic E-state index is 0.159. The summed E-state index contributed by atoms with van der Waals surface area (Å²) in [5.74, 6) is 0. The van der Waals surface area contributed by atoms with Crippen molar-refractivity contribution in [2.45, 2.75) is 4.90 Å². The van der Waals surface area contributed by atoms with Crippen molar-refractivity contribution in [3.05, 3.63) is 33.9 Å². The number of hydrogen-bond acceptors (Lipinski definition) is 6. The highest BCUT2D eigenvalue weighted by Crippen LogP contribution is 2.28. The van der Waals surface area contributed by atoms with E-state index in [2.05, 4.69) is 9.22 Å². The van der Waals surface area contributed by atoms with Gasteiger partial charge < -0.3 is 0 Å². The van der Waals surface area contributed by atoms with E-state index < -0.39 is 10.2 Å². The molecule has 0 saturated carbocycles. The van der Waals surface area contributed by atoms with E-state index >= 15 is 0 Å². The molecule has 0 fully saturated rings. The van der Waals surface area contributed by atoms with E-state index in [4.69, 9.17) is 11.6 Å². The fourth-order valence-electron chi connectivity index (χ4n) is 0.954. The van der Waals surface area contributed by atoms with Gasteiger partial charge >= 0.3 is 0 Å². The molecule has 0 radical (unpaired) electrons. The van der Waals surface area contributed by atoms with Crippen molar-refractivity contribution < 1.29 is 18.9 Å². The van der Waals surface area contributed by atoms with Crippen molar-refractivity contribution in [1.82, 2.24) is 0 Å². The van der Waals surface area contributed by atoms with Crippen molar-refractivity contribution in [3.63, 3.8) is 0 Å². The van der Waals surface area contributed by atoms with Crippen LogP contribution in [0.1, 0.15) is 10.4 Å². The number of hydrogen-bond donors (Lipinski definition) is 0. The van der Waals surface area contributed by atoms with Crippen LogP contribution in [0.4, 0.5) is 5.69 Å². The summed E-state index contributed by atoms with van der Waals surface area (Å²) in [6, 6.07) is 3.90. The van der Waals surface area contributed by atoms with Gasteiger partial charge in [-0.1, -0.05) is 0 Å². The Kier molecular flexibility index (Phi) is 4.69. The summed E-state index contributed by atoms with van der Waals surface area (Å²) in [5.41, 5.74) is -0.530. The number of carbonyl (C=O) groups excluding carboxylic acids is 1. The highest BCUT2D eigenvalue weighted by molar-refractivity contribution is 7.94. The van der Waals surface area contributed by atoms with Gasteiger partial charge in [-0.05, 0) is 23.7 Å². The third kappa shape index (κ3) is 3.17. The maximum absolute atomic E-state index is 10.9. The van der Waals surface area contributed by atoms with E-state index in [0.717, 1.165) is 12.0 Å². The van der Waals surface area contributed by atoms with Crippen molar-refractivity contribution in [1.29, 1.82) is 0 Å². The monoisotopic (exact) mass is 263 g/mol. The summed E-state index contributed by atoms with van der Waals surface area (Å²) in [4.78, 5) is 25.6. The van der Waals surface area contributed by atoms with Gasteiger partial charge in [-0.15, -0.1) is 0 Å². The molecule has 86 valence electrons. The molecule has 1 rings (SSSR count). The number of benzene rings is 1. The van der Waals surface area contributed by atoms with Gasteiger partial charge in [-0.2, -0.15) is 4.33 Å². The van der Waals surface area contributed by atoms with Crippen LogP contribution in [0.3, 0.4) is 0 Å². The molecule has 0 aliphatic carbocycles. The molecule has 0 bridgehead atoms. The molecule has 0 atom stereocenters. The molecular weight excluding hydrogens is 258 g/mol. The quantitative estimate of drug-likeness (QED) is 0.267. The average molecular weight is 264 g/mol. The molecule has 0 N–H and O–H groups in total. The lowest BCUT2D eigenvalue weighted by molar-refractivity contribution is -0.385. The molecule has 0 aliphatic heterocycles. The van der Waals surface area contributed by atoms with Crippen LogP contribution in [-0.4, -0.2) is 17.3 Å². The third-order valence-electron chi connectivity index (χ3n) is 1.58. The van der Waals surface area contributed by atoms with Crippen LogP contribution >= 0.6 is 23.6 Å². The second kappa shape index (κ2) is 5.80. The molecule has 8 heteroatoms. The summed E-state index contributed by atoms with van der Waals surface area (Å²) < 4.78 is 4.53. The van der Waals surface area contributed by atoms with Crippen LogP contribution < -0.4 is 0 Å². The van der Waals surface area contributed by atoms with Crippen molar-refractivity contribution in [2.75, 3.05) is 7.11 Å². The van der Waals surface area contributed by atoms with Crippen molar-refractivity contribution in [2.24, 2.45) is 0 Å². The highest BCUT2D eigenvalue weighted by atomic mass is 35.5. The molecule has 0 saturated heterocycles. The molecule has 0 heterocycles. The van der Waals surface area contributed by atoms with Crippen molar-refractivity contribution >= 4 is 34.6 Å². The minimum Gasteiger partial charge on any atom is -0.275 e. The lowest BCUT2D eigenvalue weighted by Gasteiger charge is -2.01. The first-order valence-electron chi connectivity index (χ1n) is 3.92. The molecular formula is C8H6ClNO5S. The fourth-order valence-corrected chi connectivity index (χ4v) is 1.54. The van der Waals surface area contributed by atoms with E-state index in [1.807, 2.05) is 0 Å². The minimum atomic E-state index is -0.879. The Morgan fingerprint density at radius 3 is 2.75 bits per heavy atom. The summed E-state index contributed by atoms with van der Waals surface area (Å²) >= 11 is 5.99. The Labute approximate surface area is 99.8 Å². The Hall–Kier alpha value is -1.15. The van der Waals surface area contributed by atoms with Gasteiger partial charge in [0.25, 0.3) is 10.9 Å². The molecule has 0 spiro atoms. The van der Waals surface area contributed by atoms with Gasteiger partial charge in [0.2, 0.25) is 0 Å². The average Bonchev–Trinajstić information content (AvgIpc) is 2.25. The van der Waals surface area contributed by atoms with Gasteiger partial charge in [0.15, 0.2) is 0 Å². The third-order valence-corrected chi connectivity index (χ3v) is 2.43. The first-order valence-corrected chi connectivity index (χ1v) is 5.04. The van der Waals surface area contributed by atoms with Crippen LogP contribution in [-0.2, 0) is 9.22 Å². The Balaban J connectivity index is 3.07. The zero-order valence-electron chi connectivity index (χ0n) is 8.01. The van der Waals surface area contributed by atoms with Crippen LogP contribution in [0.25, 0.3) is 0 Å². The Morgan fingerprint density at radius 1 is 1.56 bits per heavy atom. The largest absolute Gasteiger partial charge is 0.282 e. The molecule has 0 aromatic heterocycles. The van der Waals surface area contributed by atoms with E-state index in [-0.39, 0.29) is 11.3 Å². The Morgan fingerprint density at radius 2 is 2.25 bits per heavy atom. The van der Waals surface area contributed by atoms with E-state index in [1.165, 1.54) is 25.3 Å². The first-order chi connectivity index (χ1) is 7.56. The molecule has 1 aromatic carbocycles. The lowest BCUT2D eigenvalue weighted by Crippen LogP contribution is -1.98. The van der Waals surface area contributed by atoms with Crippen LogP contribution in [0.2, 0.25) is 0 Å². The van der Waals surface area contributed by atoms with Gasteiger partial charge in [0, 0.05) is 11.0 Å². The topological polar surface area (TPSA) is 78.7 Å². The fraction of sp³-hybridized carbons (Fsp3) is 0.125. The number of nitrogens with zero attached hydrogens (tertiary/aromatic N) is 1. The van der Waals surface area contributed by atoms with Gasteiger partial charge in [0.05, 0.1) is 24.1 Å². The van der Waals surface area contributed by atoms with Gasteiger partial charge in [0.1, 0.15) is 5.56 Å². The molecule has 0 amide bonds. The predicted molar refractivity (Wildman–Crippen MR) is 57.2 cm³/mol. The maximum Gasteiger partial charge on any atom is 0.282 e. The smallest absolute Gasteiger partial charge is 0.275 e. The maximum atomic E-state index is 10.9.